The van der Waals surface area contributed by atoms with Gasteiger partial charge in [0.05, 0.1) is 6.10 Å². The van der Waals surface area contributed by atoms with Crippen LogP contribution in [-0.2, 0) is 27.2 Å². The van der Waals surface area contributed by atoms with Gasteiger partial charge in [-0.3, -0.25) is 14.5 Å². The number of piperidine rings is 1. The number of benzene rings is 3. The molecule has 0 unspecified atom stereocenters. The van der Waals surface area contributed by atoms with E-state index in [9.17, 15) is 19.5 Å². The van der Waals surface area contributed by atoms with Gasteiger partial charge in [0.15, 0.2) is 0 Å². The molecule has 0 aliphatic carbocycles. The molecule has 1 fully saturated rings. The summed E-state index contributed by atoms with van der Waals surface area (Å²) in [4.78, 5) is 46.2. The molecule has 0 bridgehead atoms. The first-order valence-electron chi connectivity index (χ1n) is 15.3. The Morgan fingerprint density at radius 2 is 1.27 bits per heavy atom. The lowest BCUT2D eigenvalue weighted by Gasteiger charge is -2.38. The highest BCUT2D eigenvalue weighted by molar-refractivity contribution is 5.91. The van der Waals surface area contributed by atoms with Gasteiger partial charge in [-0.25, -0.2) is 4.79 Å². The van der Waals surface area contributed by atoms with E-state index in [-0.39, 0.29) is 18.2 Å². The van der Waals surface area contributed by atoms with Gasteiger partial charge in [0.25, 0.3) is 0 Å². The van der Waals surface area contributed by atoms with E-state index in [1.54, 1.807) is 39.8 Å². The number of nitrogens with zero attached hydrogens (tertiary/aromatic N) is 3. The molecular weight excluding hydrogens is 554 g/mol. The molecule has 4 rings (SSSR count). The number of aliphatic hydroxyl groups excluding tert-OH is 1. The lowest BCUT2D eigenvalue weighted by molar-refractivity contribution is -0.148. The standard InChI is InChI=1S/C36H45N3O5/c1-36(2,3)44-35(43)38(5)31(25-27-16-18-29(19-17-27)28-14-10-7-11-15-28)33(41)37(4)32(24-26-12-8-6-9-13-26)34(42)39-22-20-30(40)21-23-39/h6-19,30-32,40H,20-25H2,1-5H3/t31-,32-/m1/s1. The van der Waals surface area contributed by atoms with Crippen LogP contribution < -0.4 is 0 Å². The van der Waals surface area contributed by atoms with Crippen molar-refractivity contribution in [2.24, 2.45) is 0 Å². The highest BCUT2D eigenvalue weighted by atomic mass is 16.6. The first-order chi connectivity index (χ1) is 20.9. The fraction of sp³-hybridized carbons (Fsp3) is 0.417. The third kappa shape index (κ3) is 8.69. The third-order valence-corrected chi connectivity index (χ3v) is 8.07. The van der Waals surface area contributed by atoms with Crippen LogP contribution in [0.2, 0.25) is 0 Å². The highest BCUT2D eigenvalue weighted by Crippen LogP contribution is 2.23. The van der Waals surface area contributed by atoms with Crippen molar-refractivity contribution >= 4 is 17.9 Å². The quantitative estimate of drug-likeness (QED) is 0.366. The number of amides is 3. The minimum Gasteiger partial charge on any atom is -0.444 e. The van der Waals surface area contributed by atoms with E-state index in [1.807, 2.05) is 84.9 Å². The summed E-state index contributed by atoms with van der Waals surface area (Å²) in [6.07, 6.45) is 0.549. The topological polar surface area (TPSA) is 90.4 Å². The van der Waals surface area contributed by atoms with E-state index in [1.165, 1.54) is 9.80 Å². The monoisotopic (exact) mass is 599 g/mol. The van der Waals surface area contributed by atoms with E-state index < -0.39 is 29.9 Å². The molecule has 0 aromatic heterocycles. The molecule has 8 nitrogen and oxygen atoms in total. The fourth-order valence-corrected chi connectivity index (χ4v) is 5.45. The summed E-state index contributed by atoms with van der Waals surface area (Å²) in [6.45, 7) is 6.22. The van der Waals surface area contributed by atoms with Crippen LogP contribution in [0.1, 0.15) is 44.7 Å². The second-order valence-electron chi connectivity index (χ2n) is 12.6. The maximum atomic E-state index is 14.4. The average Bonchev–Trinajstić information content (AvgIpc) is 3.02. The van der Waals surface area contributed by atoms with Gasteiger partial charge >= 0.3 is 6.09 Å². The van der Waals surface area contributed by atoms with Crippen LogP contribution in [0.5, 0.6) is 0 Å². The predicted octanol–water partition coefficient (Wildman–Crippen LogP) is 5.18. The normalized spacial score (nSPS) is 15.3. The van der Waals surface area contributed by atoms with Gasteiger partial charge in [-0.15, -0.1) is 0 Å². The molecule has 3 amide bonds. The number of likely N-dealkylation sites (N-methyl/N-ethyl adjacent to an activating group) is 2. The van der Waals surface area contributed by atoms with Gasteiger partial charge < -0.3 is 19.6 Å². The summed E-state index contributed by atoms with van der Waals surface area (Å²) in [6, 6.07) is 25.9. The Bertz CT molecular complexity index is 1380. The molecule has 0 saturated carbocycles. The Morgan fingerprint density at radius 1 is 0.773 bits per heavy atom. The number of carbonyl (C=O) groups excluding carboxylic acids is 3. The minimum atomic E-state index is -0.910. The molecule has 1 heterocycles. The van der Waals surface area contributed by atoms with Crippen LogP contribution in [0.15, 0.2) is 84.9 Å². The maximum Gasteiger partial charge on any atom is 0.410 e. The van der Waals surface area contributed by atoms with Gasteiger partial charge in [-0.05, 0) is 55.9 Å². The smallest absolute Gasteiger partial charge is 0.410 e. The molecule has 0 radical (unpaired) electrons. The number of rotatable bonds is 9. The molecule has 2 atom stereocenters. The van der Waals surface area contributed by atoms with Crippen molar-refractivity contribution in [1.29, 1.82) is 0 Å². The van der Waals surface area contributed by atoms with Crippen molar-refractivity contribution in [1.82, 2.24) is 14.7 Å². The van der Waals surface area contributed by atoms with Crippen molar-refractivity contribution in [3.63, 3.8) is 0 Å². The lowest BCUT2D eigenvalue weighted by atomic mass is 9.98. The van der Waals surface area contributed by atoms with Crippen molar-refractivity contribution in [3.8, 4) is 11.1 Å². The largest absolute Gasteiger partial charge is 0.444 e. The zero-order chi connectivity index (χ0) is 31.9. The molecular formula is C36H45N3O5. The number of hydrogen-bond acceptors (Lipinski definition) is 5. The van der Waals surface area contributed by atoms with E-state index in [0.717, 1.165) is 22.3 Å². The van der Waals surface area contributed by atoms with Crippen LogP contribution in [0, 0.1) is 0 Å². The SMILES string of the molecule is CN(C(=O)OC(C)(C)C)[C@H](Cc1ccc(-c2ccccc2)cc1)C(=O)N(C)[C@H](Cc1ccccc1)C(=O)N1CCC(O)CC1. The van der Waals surface area contributed by atoms with Crippen LogP contribution in [0.25, 0.3) is 11.1 Å². The molecule has 0 spiro atoms. The Balaban J connectivity index is 1.63. The van der Waals surface area contributed by atoms with Gasteiger partial charge in [0, 0.05) is 40.0 Å². The van der Waals surface area contributed by atoms with E-state index in [2.05, 4.69) is 0 Å². The molecule has 1 saturated heterocycles. The van der Waals surface area contributed by atoms with E-state index in [4.69, 9.17) is 4.74 Å². The average molecular weight is 600 g/mol. The lowest BCUT2D eigenvalue weighted by Crippen LogP contribution is -2.57. The van der Waals surface area contributed by atoms with Crippen LogP contribution in [-0.4, -0.2) is 88.7 Å². The molecule has 8 heteroatoms. The first-order valence-corrected chi connectivity index (χ1v) is 15.3. The predicted molar refractivity (Wildman–Crippen MR) is 172 cm³/mol. The van der Waals surface area contributed by atoms with E-state index in [0.29, 0.717) is 32.4 Å². The highest BCUT2D eigenvalue weighted by Gasteiger charge is 2.38. The number of aliphatic hydroxyl groups is 1. The fourth-order valence-electron chi connectivity index (χ4n) is 5.45. The second-order valence-corrected chi connectivity index (χ2v) is 12.6. The third-order valence-electron chi connectivity index (χ3n) is 8.07. The summed E-state index contributed by atoms with van der Waals surface area (Å²) < 4.78 is 5.65. The molecule has 1 aliphatic heterocycles. The summed E-state index contributed by atoms with van der Waals surface area (Å²) in [5.74, 6) is -0.515. The van der Waals surface area contributed by atoms with Crippen molar-refractivity contribution in [2.75, 3.05) is 27.2 Å². The van der Waals surface area contributed by atoms with Crippen molar-refractivity contribution in [3.05, 3.63) is 96.1 Å². The van der Waals surface area contributed by atoms with Crippen LogP contribution in [0.3, 0.4) is 0 Å². The zero-order valence-electron chi connectivity index (χ0n) is 26.5. The Morgan fingerprint density at radius 3 is 1.84 bits per heavy atom. The maximum absolute atomic E-state index is 14.4. The van der Waals surface area contributed by atoms with Gasteiger partial charge in [0.2, 0.25) is 11.8 Å². The summed E-state index contributed by atoms with van der Waals surface area (Å²) >= 11 is 0. The van der Waals surface area contributed by atoms with Crippen molar-refractivity contribution < 1.29 is 24.2 Å². The van der Waals surface area contributed by atoms with E-state index >= 15 is 0 Å². The zero-order valence-corrected chi connectivity index (χ0v) is 26.5. The Hall–Kier alpha value is -4.17. The van der Waals surface area contributed by atoms with Gasteiger partial charge in [-0.1, -0.05) is 84.9 Å². The number of hydrogen-bond donors (Lipinski definition) is 1. The van der Waals surface area contributed by atoms with Crippen molar-refractivity contribution in [2.45, 2.75) is 70.2 Å². The second kappa shape index (κ2) is 14.5. The minimum absolute atomic E-state index is 0.164. The number of ether oxygens (including phenoxy) is 1. The molecule has 44 heavy (non-hydrogen) atoms. The van der Waals surface area contributed by atoms with Gasteiger partial charge in [0.1, 0.15) is 17.7 Å². The van der Waals surface area contributed by atoms with Gasteiger partial charge in [-0.2, -0.15) is 0 Å². The Kier molecular flexibility index (Phi) is 10.8. The molecule has 234 valence electrons. The first kappa shape index (κ1) is 32.7. The summed E-state index contributed by atoms with van der Waals surface area (Å²) in [7, 11) is 3.21. The molecule has 3 aromatic carbocycles. The summed E-state index contributed by atoms with van der Waals surface area (Å²) in [5.41, 5.74) is 3.20. The molecule has 3 aromatic rings. The summed E-state index contributed by atoms with van der Waals surface area (Å²) in [5, 5.41) is 10.0. The van der Waals surface area contributed by atoms with Crippen LogP contribution >= 0.6 is 0 Å². The molecule has 1 N–H and O–H groups in total. The van der Waals surface area contributed by atoms with Crippen LogP contribution in [0.4, 0.5) is 4.79 Å². The number of likely N-dealkylation sites (tertiary alicyclic amines) is 1. The molecule has 1 aliphatic rings. The Labute approximate surface area is 261 Å². The number of carbonyl (C=O) groups is 3.